The summed E-state index contributed by atoms with van der Waals surface area (Å²) in [6.45, 7) is 0. The highest BCUT2D eigenvalue weighted by Gasteiger charge is 2.19. The van der Waals surface area contributed by atoms with Gasteiger partial charge in [-0.1, -0.05) is 0 Å². The number of amides is 2. The summed E-state index contributed by atoms with van der Waals surface area (Å²) in [5, 5.41) is 0. The van der Waals surface area contributed by atoms with Gasteiger partial charge in [0, 0.05) is 0 Å². The van der Waals surface area contributed by atoms with Gasteiger partial charge in [0.05, 0.1) is 0 Å². The van der Waals surface area contributed by atoms with Gasteiger partial charge in [0.15, 0.2) is 0 Å². The van der Waals surface area contributed by atoms with E-state index in [0.717, 1.165) is 0 Å². The van der Waals surface area contributed by atoms with Crippen LogP contribution in [0.1, 0.15) is 0 Å². The van der Waals surface area contributed by atoms with Crippen molar-refractivity contribution >= 4 is 16.3 Å². The minimum atomic E-state index is -4.70. The van der Waals surface area contributed by atoms with Gasteiger partial charge in [-0.15, -0.1) is 4.41 Å². The monoisotopic (exact) mass is 170 g/mol. The molecule has 0 saturated carbocycles. The maximum atomic E-state index is 10.2. The number of hydrogen-bond donors (Lipinski definition) is 4. The van der Waals surface area contributed by atoms with E-state index in [1.807, 2.05) is 0 Å². The van der Waals surface area contributed by atoms with E-state index < -0.39 is 20.7 Å². The van der Waals surface area contributed by atoms with Crippen LogP contribution in [0.5, 0.6) is 0 Å². The second kappa shape index (κ2) is 2.79. The predicted octanol–water partition coefficient (Wildman–Crippen LogP) is -2.45. The van der Waals surface area contributed by atoms with Crippen LogP contribution < -0.4 is 17.1 Å². The highest BCUT2D eigenvalue weighted by molar-refractivity contribution is 7.83. The van der Waals surface area contributed by atoms with Crippen LogP contribution in [0.4, 0.5) is 4.79 Å². The lowest BCUT2D eigenvalue weighted by Gasteiger charge is -2.09. The van der Waals surface area contributed by atoms with Crippen LogP contribution in [0.25, 0.3) is 0 Å². The van der Waals surface area contributed by atoms with Crippen molar-refractivity contribution in [1.82, 2.24) is 9.84 Å². The number of nitrogens with two attached hydrogens (primary N) is 2. The number of hydrogen-bond acceptors (Lipinski definition) is 5. The Morgan fingerprint density at radius 3 is 2.10 bits per heavy atom. The first-order chi connectivity index (χ1) is 4.39. The smallest absolute Gasteiger partial charge is 0.274 e. The van der Waals surface area contributed by atoms with E-state index in [4.69, 9.17) is 4.55 Å². The molecule has 0 aliphatic rings. The molecule has 9 heteroatoms. The van der Waals surface area contributed by atoms with Crippen LogP contribution in [0.3, 0.4) is 0 Å². The lowest BCUT2D eigenvalue weighted by atomic mass is 11.1. The molecule has 0 aromatic rings. The number of carbonyl (C=O) groups excluding carboxylic acids is 1. The van der Waals surface area contributed by atoms with Gasteiger partial charge in [-0.2, -0.15) is 8.42 Å². The van der Waals surface area contributed by atoms with Crippen LogP contribution in [0.15, 0.2) is 0 Å². The summed E-state index contributed by atoms with van der Waals surface area (Å²) in [6.07, 6.45) is 0. The average Bonchev–Trinajstić information content (AvgIpc) is 1.83. The lowest BCUT2D eigenvalue weighted by molar-refractivity contribution is 0.220. The first-order valence-electron chi connectivity index (χ1n) is 1.92. The topological polar surface area (TPSA) is 139 Å². The molecule has 0 spiro atoms. The SMILES string of the molecule is NNC(=O)N(N)S(=O)(=O)O. The second-order valence-corrected chi connectivity index (χ2v) is 2.51. The lowest BCUT2D eigenvalue weighted by Crippen LogP contribution is -2.50. The van der Waals surface area contributed by atoms with Crippen LogP contribution in [0, 0.1) is 0 Å². The van der Waals surface area contributed by atoms with Crippen LogP contribution in [-0.4, -0.2) is 23.4 Å². The molecule has 6 N–H and O–H groups in total. The van der Waals surface area contributed by atoms with Crippen molar-refractivity contribution in [3.05, 3.63) is 0 Å². The minimum absolute atomic E-state index is 0.438. The average molecular weight is 170 g/mol. The van der Waals surface area contributed by atoms with E-state index in [-0.39, 0.29) is 0 Å². The fourth-order valence-electron chi connectivity index (χ4n) is 0.168. The highest BCUT2D eigenvalue weighted by Crippen LogP contribution is 1.86. The van der Waals surface area contributed by atoms with Crippen LogP contribution in [-0.2, 0) is 10.3 Å². The summed E-state index contributed by atoms with van der Waals surface area (Å²) >= 11 is 0. The number of hydrazine groups is 2. The normalized spacial score (nSPS) is 10.7. The molecule has 0 fully saturated rings. The Morgan fingerprint density at radius 1 is 1.60 bits per heavy atom. The van der Waals surface area contributed by atoms with E-state index in [0.29, 0.717) is 0 Å². The Kier molecular flexibility index (Phi) is 2.54. The van der Waals surface area contributed by atoms with Gasteiger partial charge in [-0.25, -0.2) is 16.5 Å². The number of nitrogens with zero attached hydrogens (tertiary/aromatic N) is 1. The molecular formula is CH6N4O4S. The van der Waals surface area contributed by atoms with Crippen molar-refractivity contribution in [2.45, 2.75) is 0 Å². The molecule has 0 aromatic heterocycles. The Balaban J connectivity index is 4.39. The Labute approximate surface area is 56.6 Å². The fourth-order valence-corrected chi connectivity index (χ4v) is 0.431. The third kappa shape index (κ3) is 2.14. The third-order valence-corrected chi connectivity index (χ3v) is 1.24. The zero-order valence-electron chi connectivity index (χ0n) is 4.68. The molecule has 0 radical (unpaired) electrons. The van der Waals surface area contributed by atoms with E-state index in [9.17, 15) is 13.2 Å². The number of rotatable bonds is 1. The van der Waals surface area contributed by atoms with E-state index in [1.54, 1.807) is 0 Å². The number of nitrogens with one attached hydrogen (secondary N) is 1. The molecule has 0 atom stereocenters. The summed E-state index contributed by atoms with van der Waals surface area (Å²) < 4.78 is 27.6. The summed E-state index contributed by atoms with van der Waals surface area (Å²) in [5.41, 5.74) is 1.39. The van der Waals surface area contributed by atoms with Gasteiger partial charge in [-0.05, 0) is 0 Å². The van der Waals surface area contributed by atoms with Crippen LogP contribution >= 0.6 is 0 Å². The molecule has 60 valence electrons. The molecule has 0 aromatic carbocycles. The molecule has 0 bridgehead atoms. The van der Waals surface area contributed by atoms with Crippen molar-refractivity contribution in [2.75, 3.05) is 0 Å². The van der Waals surface area contributed by atoms with Crippen molar-refractivity contribution in [3.63, 3.8) is 0 Å². The summed E-state index contributed by atoms with van der Waals surface area (Å²) in [6, 6.07) is -1.33. The van der Waals surface area contributed by atoms with Gasteiger partial charge < -0.3 is 0 Å². The van der Waals surface area contributed by atoms with Crippen molar-refractivity contribution in [1.29, 1.82) is 0 Å². The van der Waals surface area contributed by atoms with E-state index >= 15 is 0 Å². The maximum absolute atomic E-state index is 10.2. The Hall–Kier alpha value is -0.900. The summed E-state index contributed by atoms with van der Waals surface area (Å²) in [5.74, 6) is 8.98. The molecule has 0 aliphatic carbocycles. The Morgan fingerprint density at radius 2 is 2.00 bits per heavy atom. The molecular weight excluding hydrogens is 164 g/mol. The molecule has 0 aliphatic heterocycles. The first kappa shape index (κ1) is 9.10. The number of carbonyl (C=O) groups is 1. The van der Waals surface area contributed by atoms with Gasteiger partial charge in [0.1, 0.15) is 0 Å². The zero-order chi connectivity index (χ0) is 8.36. The zero-order valence-corrected chi connectivity index (χ0v) is 5.50. The van der Waals surface area contributed by atoms with Crippen LogP contribution in [0.2, 0.25) is 0 Å². The van der Waals surface area contributed by atoms with Crippen molar-refractivity contribution in [2.24, 2.45) is 11.7 Å². The molecule has 10 heavy (non-hydrogen) atoms. The maximum Gasteiger partial charge on any atom is 0.377 e. The second-order valence-electron chi connectivity index (χ2n) is 1.22. The molecule has 2 amide bonds. The molecule has 0 heterocycles. The fraction of sp³-hybridized carbons (Fsp3) is 0. The largest absolute Gasteiger partial charge is 0.377 e. The standard InChI is InChI=1S/CH6N4O4S/c2-4-1(6)5(3)10(7,8)9/h2-3H2,(H,4,6)(H,7,8,9). The van der Waals surface area contributed by atoms with Crippen molar-refractivity contribution < 1.29 is 17.8 Å². The predicted molar refractivity (Wildman–Crippen MR) is 30.3 cm³/mol. The van der Waals surface area contributed by atoms with Gasteiger partial charge >= 0.3 is 16.3 Å². The van der Waals surface area contributed by atoms with E-state index in [1.165, 1.54) is 5.43 Å². The van der Waals surface area contributed by atoms with Crippen molar-refractivity contribution in [3.8, 4) is 0 Å². The summed E-state index contributed by atoms with van der Waals surface area (Å²) in [7, 11) is -4.70. The third-order valence-electron chi connectivity index (χ3n) is 0.572. The molecule has 0 saturated heterocycles. The number of urea groups is 1. The van der Waals surface area contributed by atoms with Gasteiger partial charge in [0.25, 0.3) is 0 Å². The van der Waals surface area contributed by atoms with Gasteiger partial charge in [0.2, 0.25) is 0 Å². The van der Waals surface area contributed by atoms with E-state index in [2.05, 4.69) is 11.7 Å². The molecule has 0 unspecified atom stereocenters. The molecule has 0 rings (SSSR count). The quantitative estimate of drug-likeness (QED) is 0.149. The van der Waals surface area contributed by atoms with Gasteiger partial charge in [-0.3, -0.25) is 9.98 Å². The summed E-state index contributed by atoms with van der Waals surface area (Å²) in [4.78, 5) is 10.2. The highest BCUT2D eigenvalue weighted by atomic mass is 32.2. The Bertz CT molecular complexity index is 219. The minimum Gasteiger partial charge on any atom is -0.274 e. The molecule has 8 nitrogen and oxygen atoms in total. The first-order valence-corrected chi connectivity index (χ1v) is 3.32.